The molecule has 0 atom stereocenters. The molecular formula is C14H14BrNO. The van der Waals surface area contributed by atoms with Gasteiger partial charge in [0, 0.05) is 16.6 Å². The molecule has 0 fully saturated rings. The van der Waals surface area contributed by atoms with Gasteiger partial charge in [0.2, 0.25) is 0 Å². The van der Waals surface area contributed by atoms with Gasteiger partial charge >= 0.3 is 0 Å². The topological polar surface area (TPSA) is 21.3 Å². The molecule has 0 saturated heterocycles. The molecule has 2 aromatic carbocycles. The molecule has 1 N–H and O–H groups in total. The molecule has 0 amide bonds. The van der Waals surface area contributed by atoms with Crippen molar-refractivity contribution in [3.63, 3.8) is 0 Å². The van der Waals surface area contributed by atoms with E-state index in [9.17, 15) is 0 Å². The summed E-state index contributed by atoms with van der Waals surface area (Å²) in [6, 6.07) is 15.9. The van der Waals surface area contributed by atoms with Gasteiger partial charge in [0.15, 0.2) is 0 Å². The molecule has 0 bridgehead atoms. The highest BCUT2D eigenvalue weighted by Gasteiger charge is 2.03. The van der Waals surface area contributed by atoms with Crippen molar-refractivity contribution in [3.05, 3.63) is 58.6 Å². The summed E-state index contributed by atoms with van der Waals surface area (Å²) in [6.07, 6.45) is 0. The Morgan fingerprint density at radius 3 is 2.71 bits per heavy atom. The first-order chi connectivity index (χ1) is 8.29. The second kappa shape index (κ2) is 5.84. The molecule has 0 spiro atoms. The van der Waals surface area contributed by atoms with Crippen LogP contribution in [0.3, 0.4) is 0 Å². The number of ether oxygens (including phenoxy) is 1. The first-order valence-corrected chi connectivity index (χ1v) is 6.25. The van der Waals surface area contributed by atoms with Crippen LogP contribution in [0.15, 0.2) is 53.0 Å². The van der Waals surface area contributed by atoms with Gasteiger partial charge in [-0.05, 0) is 31.3 Å². The third-order valence-electron chi connectivity index (χ3n) is 2.36. The molecule has 0 radical (unpaired) electrons. The maximum atomic E-state index is 5.87. The van der Waals surface area contributed by atoms with Crippen molar-refractivity contribution < 1.29 is 4.74 Å². The second-order valence-electron chi connectivity index (χ2n) is 3.70. The molecule has 88 valence electrons. The summed E-state index contributed by atoms with van der Waals surface area (Å²) in [5, 5.41) is 3.13. The molecule has 0 heterocycles. The molecule has 2 aromatic rings. The van der Waals surface area contributed by atoms with Crippen molar-refractivity contribution in [2.24, 2.45) is 0 Å². The lowest BCUT2D eigenvalue weighted by Crippen LogP contribution is -2.06. The Kier molecular flexibility index (Phi) is 4.18. The Hall–Kier alpha value is -1.32. The molecule has 3 heteroatoms. The number of para-hydroxylation sites is 1. The monoisotopic (exact) mass is 291 g/mol. The van der Waals surface area contributed by atoms with E-state index in [-0.39, 0.29) is 0 Å². The van der Waals surface area contributed by atoms with Crippen molar-refractivity contribution in [2.75, 3.05) is 7.05 Å². The highest BCUT2D eigenvalue weighted by atomic mass is 79.9. The zero-order chi connectivity index (χ0) is 12.1. The van der Waals surface area contributed by atoms with E-state index >= 15 is 0 Å². The van der Waals surface area contributed by atoms with Crippen LogP contribution in [-0.4, -0.2) is 7.05 Å². The number of rotatable bonds is 4. The van der Waals surface area contributed by atoms with Gasteiger partial charge in [0.1, 0.15) is 11.5 Å². The largest absolute Gasteiger partial charge is 0.457 e. The second-order valence-corrected chi connectivity index (χ2v) is 4.61. The van der Waals surface area contributed by atoms with Crippen molar-refractivity contribution in [2.45, 2.75) is 6.54 Å². The van der Waals surface area contributed by atoms with Crippen LogP contribution in [0.2, 0.25) is 0 Å². The lowest BCUT2D eigenvalue weighted by molar-refractivity contribution is 0.474. The molecule has 0 saturated carbocycles. The zero-order valence-electron chi connectivity index (χ0n) is 9.61. The molecule has 17 heavy (non-hydrogen) atoms. The summed E-state index contributed by atoms with van der Waals surface area (Å²) in [7, 11) is 1.93. The van der Waals surface area contributed by atoms with E-state index in [0.717, 1.165) is 28.1 Å². The van der Waals surface area contributed by atoms with Crippen LogP contribution >= 0.6 is 15.9 Å². The summed E-state index contributed by atoms with van der Waals surface area (Å²) in [5.74, 6) is 1.72. The van der Waals surface area contributed by atoms with Crippen LogP contribution in [0, 0.1) is 0 Å². The lowest BCUT2D eigenvalue weighted by Gasteiger charge is -2.10. The van der Waals surface area contributed by atoms with E-state index in [4.69, 9.17) is 4.74 Å². The average molecular weight is 292 g/mol. The van der Waals surface area contributed by atoms with Crippen molar-refractivity contribution in [3.8, 4) is 11.5 Å². The number of nitrogens with one attached hydrogen (secondary N) is 1. The molecule has 2 rings (SSSR count). The molecule has 0 aliphatic rings. The van der Waals surface area contributed by atoms with Gasteiger partial charge in [0.25, 0.3) is 0 Å². The normalized spacial score (nSPS) is 10.2. The standard InChI is InChI=1S/C14H14BrNO/c1-16-10-11-5-2-3-8-14(11)17-13-7-4-6-12(15)9-13/h2-9,16H,10H2,1H3. The summed E-state index contributed by atoms with van der Waals surface area (Å²) >= 11 is 3.43. The predicted octanol–water partition coefficient (Wildman–Crippen LogP) is 3.96. The third kappa shape index (κ3) is 3.32. The third-order valence-corrected chi connectivity index (χ3v) is 2.86. The molecule has 0 unspecified atom stereocenters. The zero-order valence-corrected chi connectivity index (χ0v) is 11.2. The fourth-order valence-corrected chi connectivity index (χ4v) is 1.98. The van der Waals surface area contributed by atoms with Crippen molar-refractivity contribution in [1.82, 2.24) is 5.32 Å². The molecule has 0 aliphatic heterocycles. The summed E-state index contributed by atoms with van der Waals surface area (Å²) in [4.78, 5) is 0. The average Bonchev–Trinajstić information content (AvgIpc) is 2.32. The fourth-order valence-electron chi connectivity index (χ4n) is 1.60. The molecule has 2 nitrogen and oxygen atoms in total. The van der Waals surface area contributed by atoms with Gasteiger partial charge < -0.3 is 10.1 Å². The SMILES string of the molecule is CNCc1ccccc1Oc1cccc(Br)c1. The summed E-state index contributed by atoms with van der Waals surface area (Å²) < 4.78 is 6.89. The van der Waals surface area contributed by atoms with Gasteiger partial charge in [-0.15, -0.1) is 0 Å². The number of hydrogen-bond acceptors (Lipinski definition) is 2. The first kappa shape index (κ1) is 12.1. The predicted molar refractivity (Wildman–Crippen MR) is 73.4 cm³/mol. The maximum absolute atomic E-state index is 5.87. The number of benzene rings is 2. The van der Waals surface area contributed by atoms with Crippen molar-refractivity contribution in [1.29, 1.82) is 0 Å². The number of hydrogen-bond donors (Lipinski definition) is 1. The smallest absolute Gasteiger partial charge is 0.131 e. The first-order valence-electron chi connectivity index (χ1n) is 5.45. The minimum Gasteiger partial charge on any atom is -0.457 e. The van der Waals surface area contributed by atoms with Crippen LogP contribution < -0.4 is 10.1 Å². The van der Waals surface area contributed by atoms with Gasteiger partial charge in [-0.3, -0.25) is 0 Å². The maximum Gasteiger partial charge on any atom is 0.131 e. The Balaban J connectivity index is 2.23. The quantitative estimate of drug-likeness (QED) is 0.921. The summed E-state index contributed by atoms with van der Waals surface area (Å²) in [6.45, 7) is 0.796. The Labute approximate surface area is 110 Å². The minimum atomic E-state index is 0.796. The van der Waals surface area contributed by atoms with Crippen LogP contribution in [0.1, 0.15) is 5.56 Å². The van der Waals surface area contributed by atoms with E-state index in [0.29, 0.717) is 0 Å². The minimum absolute atomic E-state index is 0.796. The van der Waals surface area contributed by atoms with E-state index in [1.165, 1.54) is 0 Å². The van der Waals surface area contributed by atoms with Crippen LogP contribution in [0.25, 0.3) is 0 Å². The van der Waals surface area contributed by atoms with Crippen LogP contribution in [0.4, 0.5) is 0 Å². The highest BCUT2D eigenvalue weighted by molar-refractivity contribution is 9.10. The number of halogens is 1. The Morgan fingerprint density at radius 2 is 1.94 bits per heavy atom. The highest BCUT2D eigenvalue weighted by Crippen LogP contribution is 2.27. The van der Waals surface area contributed by atoms with E-state index in [1.807, 2.05) is 49.5 Å². The van der Waals surface area contributed by atoms with Crippen molar-refractivity contribution >= 4 is 15.9 Å². The van der Waals surface area contributed by atoms with Gasteiger partial charge in [-0.25, -0.2) is 0 Å². The van der Waals surface area contributed by atoms with Gasteiger partial charge in [0.05, 0.1) is 0 Å². The summed E-state index contributed by atoms with van der Waals surface area (Å²) in [5.41, 5.74) is 1.15. The van der Waals surface area contributed by atoms with E-state index < -0.39 is 0 Å². The lowest BCUT2D eigenvalue weighted by atomic mass is 10.2. The van der Waals surface area contributed by atoms with Gasteiger partial charge in [-0.1, -0.05) is 40.2 Å². The van der Waals surface area contributed by atoms with Crippen LogP contribution in [0.5, 0.6) is 11.5 Å². The van der Waals surface area contributed by atoms with Crippen LogP contribution in [-0.2, 0) is 6.54 Å². The molecular weight excluding hydrogens is 278 g/mol. The van der Waals surface area contributed by atoms with E-state index in [1.54, 1.807) is 0 Å². The Bertz CT molecular complexity index is 499. The van der Waals surface area contributed by atoms with Gasteiger partial charge in [-0.2, -0.15) is 0 Å². The van der Waals surface area contributed by atoms with E-state index in [2.05, 4.69) is 27.3 Å². The Morgan fingerprint density at radius 1 is 1.12 bits per heavy atom. The molecule has 0 aliphatic carbocycles. The molecule has 0 aromatic heterocycles. The fraction of sp³-hybridized carbons (Fsp3) is 0.143.